The van der Waals surface area contributed by atoms with E-state index in [9.17, 15) is 8.42 Å². The van der Waals surface area contributed by atoms with E-state index in [1.165, 1.54) is 25.4 Å². The van der Waals surface area contributed by atoms with Crippen LogP contribution in [0.2, 0.25) is 0 Å². The number of aliphatic hydroxyl groups is 1. The minimum Gasteiger partial charge on any atom is -0.391 e. The molecule has 0 atom stereocenters. The van der Waals surface area contributed by atoms with E-state index in [-0.39, 0.29) is 11.5 Å². The lowest BCUT2D eigenvalue weighted by Gasteiger charge is -2.12. The van der Waals surface area contributed by atoms with Crippen molar-refractivity contribution in [2.24, 2.45) is 0 Å². The van der Waals surface area contributed by atoms with Crippen LogP contribution in [-0.2, 0) is 16.6 Å². The fourth-order valence-corrected chi connectivity index (χ4v) is 3.62. The number of aliphatic hydroxyl groups excluding tert-OH is 1. The SMILES string of the molecule is Cc1csc(CO)c1S(=O)(=O)N(C)C. The lowest BCUT2D eigenvalue weighted by Crippen LogP contribution is -2.23. The van der Waals surface area contributed by atoms with Crippen molar-refractivity contribution in [2.75, 3.05) is 14.1 Å². The molecule has 14 heavy (non-hydrogen) atoms. The quantitative estimate of drug-likeness (QED) is 0.843. The minimum atomic E-state index is -3.42. The Morgan fingerprint density at radius 3 is 2.50 bits per heavy atom. The molecule has 0 fully saturated rings. The molecule has 1 rings (SSSR count). The fourth-order valence-electron chi connectivity index (χ4n) is 1.13. The molecule has 0 aromatic carbocycles. The summed E-state index contributed by atoms with van der Waals surface area (Å²) in [5, 5.41) is 10.7. The van der Waals surface area contributed by atoms with Crippen molar-refractivity contribution < 1.29 is 13.5 Å². The highest BCUT2D eigenvalue weighted by Gasteiger charge is 2.24. The first kappa shape index (κ1) is 11.6. The van der Waals surface area contributed by atoms with Gasteiger partial charge in [-0.3, -0.25) is 0 Å². The van der Waals surface area contributed by atoms with Gasteiger partial charge in [0.2, 0.25) is 10.0 Å². The summed E-state index contributed by atoms with van der Waals surface area (Å²) in [5.74, 6) is 0. The van der Waals surface area contributed by atoms with Gasteiger partial charge in [-0.25, -0.2) is 12.7 Å². The maximum atomic E-state index is 11.8. The van der Waals surface area contributed by atoms with Crippen LogP contribution in [0.4, 0.5) is 0 Å². The lowest BCUT2D eigenvalue weighted by atomic mass is 10.3. The monoisotopic (exact) mass is 235 g/mol. The van der Waals surface area contributed by atoms with Crippen LogP contribution in [0.5, 0.6) is 0 Å². The van der Waals surface area contributed by atoms with E-state index in [4.69, 9.17) is 5.11 Å². The summed E-state index contributed by atoms with van der Waals surface area (Å²) >= 11 is 1.26. The second-order valence-corrected chi connectivity index (χ2v) is 6.17. The smallest absolute Gasteiger partial charge is 0.244 e. The molecule has 0 aliphatic carbocycles. The van der Waals surface area contributed by atoms with Gasteiger partial charge in [0.05, 0.1) is 11.5 Å². The third kappa shape index (κ3) is 1.83. The highest BCUT2D eigenvalue weighted by Crippen LogP contribution is 2.28. The molecule has 0 unspecified atom stereocenters. The molecule has 0 bridgehead atoms. The molecule has 0 saturated heterocycles. The Morgan fingerprint density at radius 1 is 1.50 bits per heavy atom. The predicted molar refractivity (Wildman–Crippen MR) is 55.9 cm³/mol. The highest BCUT2D eigenvalue weighted by molar-refractivity contribution is 7.89. The Hall–Kier alpha value is -0.430. The van der Waals surface area contributed by atoms with Gasteiger partial charge in [0.1, 0.15) is 4.90 Å². The molecule has 1 N–H and O–H groups in total. The average molecular weight is 235 g/mol. The molecular formula is C8H13NO3S2. The van der Waals surface area contributed by atoms with Crippen molar-refractivity contribution in [1.29, 1.82) is 0 Å². The average Bonchev–Trinajstić information content (AvgIpc) is 2.46. The zero-order valence-electron chi connectivity index (χ0n) is 8.31. The number of nitrogens with zero attached hydrogens (tertiary/aromatic N) is 1. The van der Waals surface area contributed by atoms with Gasteiger partial charge in [-0.05, 0) is 17.9 Å². The second-order valence-electron chi connectivity index (χ2n) is 3.12. The van der Waals surface area contributed by atoms with Gasteiger partial charge in [-0.1, -0.05) is 0 Å². The minimum absolute atomic E-state index is 0.235. The van der Waals surface area contributed by atoms with Crippen LogP contribution < -0.4 is 0 Å². The summed E-state index contributed by atoms with van der Waals surface area (Å²) in [6.07, 6.45) is 0. The van der Waals surface area contributed by atoms with Gasteiger partial charge in [0.15, 0.2) is 0 Å². The molecule has 6 heteroatoms. The number of aryl methyl sites for hydroxylation is 1. The van der Waals surface area contributed by atoms with Crippen LogP contribution >= 0.6 is 11.3 Å². The van der Waals surface area contributed by atoms with Gasteiger partial charge in [-0.2, -0.15) is 0 Å². The molecular weight excluding hydrogens is 222 g/mol. The van der Waals surface area contributed by atoms with E-state index < -0.39 is 10.0 Å². The molecule has 0 aliphatic rings. The van der Waals surface area contributed by atoms with Crippen molar-refractivity contribution in [1.82, 2.24) is 4.31 Å². The molecule has 0 saturated carbocycles. The molecule has 0 radical (unpaired) electrons. The summed E-state index contributed by atoms with van der Waals surface area (Å²) in [4.78, 5) is 0.742. The topological polar surface area (TPSA) is 57.6 Å². The molecule has 1 heterocycles. The third-order valence-corrected chi connectivity index (χ3v) is 5.14. The van der Waals surface area contributed by atoms with Gasteiger partial charge >= 0.3 is 0 Å². The molecule has 4 nitrogen and oxygen atoms in total. The van der Waals surface area contributed by atoms with Crippen molar-refractivity contribution in [3.8, 4) is 0 Å². The van der Waals surface area contributed by atoms with E-state index >= 15 is 0 Å². The van der Waals surface area contributed by atoms with E-state index in [1.807, 2.05) is 0 Å². The van der Waals surface area contributed by atoms with Gasteiger partial charge < -0.3 is 5.11 Å². The first-order valence-electron chi connectivity index (χ1n) is 4.01. The summed E-state index contributed by atoms with van der Waals surface area (Å²) in [5.41, 5.74) is 0.688. The Morgan fingerprint density at radius 2 is 2.07 bits per heavy atom. The van der Waals surface area contributed by atoms with Gasteiger partial charge in [0.25, 0.3) is 0 Å². The molecule has 80 valence electrons. The number of hydrogen-bond donors (Lipinski definition) is 1. The largest absolute Gasteiger partial charge is 0.391 e. The van der Waals surface area contributed by atoms with E-state index in [2.05, 4.69) is 0 Å². The Balaban J connectivity index is 3.38. The Bertz CT molecular complexity index is 420. The van der Waals surface area contributed by atoms with Crippen LogP contribution in [0.1, 0.15) is 10.4 Å². The summed E-state index contributed by atoms with van der Waals surface area (Å²) in [6.45, 7) is 1.49. The third-order valence-electron chi connectivity index (χ3n) is 1.87. The number of sulfonamides is 1. The molecule has 1 aromatic heterocycles. The predicted octanol–water partition coefficient (Wildman–Crippen LogP) is 0.799. The maximum absolute atomic E-state index is 11.8. The van der Waals surface area contributed by atoms with Crippen LogP contribution in [0.15, 0.2) is 10.3 Å². The van der Waals surface area contributed by atoms with Crippen molar-refractivity contribution in [2.45, 2.75) is 18.4 Å². The first-order chi connectivity index (χ1) is 6.41. The lowest BCUT2D eigenvalue weighted by molar-refractivity contribution is 0.282. The molecule has 0 amide bonds. The van der Waals surface area contributed by atoms with Crippen molar-refractivity contribution in [3.05, 3.63) is 15.8 Å². The van der Waals surface area contributed by atoms with Crippen LogP contribution in [-0.4, -0.2) is 31.9 Å². The van der Waals surface area contributed by atoms with E-state index in [0.29, 0.717) is 10.4 Å². The second kappa shape index (κ2) is 3.98. The highest BCUT2D eigenvalue weighted by atomic mass is 32.2. The summed E-state index contributed by atoms with van der Waals surface area (Å²) in [7, 11) is -0.464. The standard InChI is InChI=1S/C8H13NO3S2/c1-6-5-13-7(4-10)8(6)14(11,12)9(2)3/h5,10H,4H2,1-3H3. The zero-order chi connectivity index (χ0) is 10.9. The van der Waals surface area contributed by atoms with Crippen LogP contribution in [0.25, 0.3) is 0 Å². The van der Waals surface area contributed by atoms with Crippen molar-refractivity contribution in [3.63, 3.8) is 0 Å². The van der Waals surface area contributed by atoms with Crippen molar-refractivity contribution >= 4 is 21.4 Å². The zero-order valence-corrected chi connectivity index (χ0v) is 9.94. The number of rotatable bonds is 3. The number of hydrogen-bond acceptors (Lipinski definition) is 4. The fraction of sp³-hybridized carbons (Fsp3) is 0.500. The van der Waals surface area contributed by atoms with Crippen LogP contribution in [0.3, 0.4) is 0 Å². The van der Waals surface area contributed by atoms with Gasteiger partial charge in [0, 0.05) is 14.1 Å². The molecule has 1 aromatic rings. The maximum Gasteiger partial charge on any atom is 0.244 e. The molecule has 0 spiro atoms. The number of thiophene rings is 1. The summed E-state index contributed by atoms with van der Waals surface area (Å²) in [6, 6.07) is 0. The van der Waals surface area contributed by atoms with Gasteiger partial charge in [-0.15, -0.1) is 11.3 Å². The van der Waals surface area contributed by atoms with E-state index in [0.717, 1.165) is 4.31 Å². The Kier molecular flexibility index (Phi) is 3.31. The summed E-state index contributed by atoms with van der Waals surface area (Å²) < 4.78 is 24.8. The normalized spacial score (nSPS) is 12.4. The molecule has 0 aliphatic heterocycles. The van der Waals surface area contributed by atoms with E-state index in [1.54, 1.807) is 12.3 Å². The first-order valence-corrected chi connectivity index (χ1v) is 6.33. The van der Waals surface area contributed by atoms with Crippen LogP contribution in [0, 0.1) is 6.92 Å². The Labute approximate surface area is 87.8 Å².